The number of para-hydroxylation sites is 1. The lowest BCUT2D eigenvalue weighted by atomic mass is 9.99. The third kappa shape index (κ3) is 3.50. The lowest BCUT2D eigenvalue weighted by Gasteiger charge is -2.10. The number of benzene rings is 3. The Bertz CT molecular complexity index is 1260. The lowest BCUT2D eigenvalue weighted by molar-refractivity contribution is 0.0682. The van der Waals surface area contributed by atoms with Crippen molar-refractivity contribution in [1.29, 1.82) is 0 Å². The number of carboxylic acids is 1. The van der Waals surface area contributed by atoms with Crippen molar-refractivity contribution in [1.82, 2.24) is 4.57 Å². The quantitative estimate of drug-likeness (QED) is 0.389. The van der Waals surface area contributed by atoms with Crippen LogP contribution < -0.4 is 4.74 Å². The van der Waals surface area contributed by atoms with Gasteiger partial charge < -0.3 is 14.4 Å². The molecule has 0 spiro atoms. The minimum Gasteiger partial charge on any atom is -0.496 e. The number of nitrogens with zero attached hydrogens (tertiary/aromatic N) is 1. The van der Waals surface area contributed by atoms with Crippen molar-refractivity contribution < 1.29 is 19.4 Å². The third-order valence-electron chi connectivity index (χ3n) is 4.99. The first kappa shape index (κ1) is 19.9. The zero-order valence-corrected chi connectivity index (χ0v) is 17.7. The summed E-state index contributed by atoms with van der Waals surface area (Å²) in [4.78, 5) is 25.9. The molecule has 5 nitrogen and oxygen atoms in total. The topological polar surface area (TPSA) is 68.5 Å². The molecule has 0 amide bonds. The summed E-state index contributed by atoms with van der Waals surface area (Å²) in [5.74, 6) is -1.16. The minimum atomic E-state index is -1.15. The fourth-order valence-electron chi connectivity index (χ4n) is 3.67. The molecule has 1 N–H and O–H groups in total. The second-order valence-corrected chi connectivity index (χ2v) is 7.71. The van der Waals surface area contributed by atoms with Gasteiger partial charge in [0.25, 0.3) is 0 Å². The van der Waals surface area contributed by atoms with E-state index in [0.29, 0.717) is 28.8 Å². The molecular weight excluding hydrogens is 446 g/mol. The Hall–Kier alpha value is -3.38. The fourth-order valence-corrected chi connectivity index (χ4v) is 4.01. The molecule has 6 heteroatoms. The van der Waals surface area contributed by atoms with Gasteiger partial charge in [-0.15, -0.1) is 0 Å². The van der Waals surface area contributed by atoms with Crippen LogP contribution in [0.4, 0.5) is 0 Å². The number of halogens is 1. The minimum absolute atomic E-state index is 0.0324. The van der Waals surface area contributed by atoms with E-state index in [1.807, 2.05) is 42.5 Å². The summed E-state index contributed by atoms with van der Waals surface area (Å²) in [5, 5.41) is 10.7. The van der Waals surface area contributed by atoms with Crippen LogP contribution in [0.5, 0.6) is 5.75 Å². The number of ketones is 1. The maximum Gasteiger partial charge on any atom is 0.353 e. The number of carbonyl (C=O) groups is 2. The molecule has 0 atom stereocenters. The van der Waals surface area contributed by atoms with Crippen LogP contribution in [0.3, 0.4) is 0 Å². The summed E-state index contributed by atoms with van der Waals surface area (Å²) in [6.07, 6.45) is 0. The van der Waals surface area contributed by atoms with Crippen LogP contribution in [0.25, 0.3) is 10.9 Å². The summed E-state index contributed by atoms with van der Waals surface area (Å²) in [5.41, 5.74) is 2.08. The molecule has 0 fully saturated rings. The van der Waals surface area contributed by atoms with Crippen LogP contribution in [0.2, 0.25) is 0 Å². The number of rotatable bonds is 6. The van der Waals surface area contributed by atoms with Gasteiger partial charge in [0.05, 0.1) is 18.2 Å². The lowest BCUT2D eigenvalue weighted by Crippen LogP contribution is -2.15. The van der Waals surface area contributed by atoms with Gasteiger partial charge in [-0.3, -0.25) is 4.79 Å². The number of hydrogen-bond acceptors (Lipinski definition) is 3. The third-order valence-corrected chi connectivity index (χ3v) is 5.49. The Morgan fingerprint density at radius 1 is 1.00 bits per heavy atom. The van der Waals surface area contributed by atoms with Crippen LogP contribution in [-0.4, -0.2) is 28.5 Å². The monoisotopic (exact) mass is 463 g/mol. The number of ether oxygens (including phenoxy) is 1. The van der Waals surface area contributed by atoms with Crippen LogP contribution >= 0.6 is 15.9 Å². The largest absolute Gasteiger partial charge is 0.496 e. The van der Waals surface area contributed by atoms with E-state index in [1.165, 1.54) is 7.11 Å². The van der Waals surface area contributed by atoms with E-state index in [4.69, 9.17) is 4.74 Å². The van der Waals surface area contributed by atoms with Gasteiger partial charge in [-0.25, -0.2) is 4.79 Å². The molecule has 4 rings (SSSR count). The standard InChI is InChI=1S/C24H18BrNO4/c1-30-20-13-16(25)11-12-18(20)23(27)21-17-9-5-6-10-19(17)26(22(21)24(28)29)14-15-7-3-2-4-8-15/h2-13H,14H2,1H3,(H,28,29). The molecule has 3 aromatic carbocycles. The highest BCUT2D eigenvalue weighted by Gasteiger charge is 2.29. The van der Waals surface area contributed by atoms with Crippen LogP contribution in [0.15, 0.2) is 77.3 Å². The number of hydrogen-bond donors (Lipinski definition) is 1. The van der Waals surface area contributed by atoms with Crippen molar-refractivity contribution in [2.24, 2.45) is 0 Å². The molecule has 30 heavy (non-hydrogen) atoms. The number of aromatic nitrogens is 1. The van der Waals surface area contributed by atoms with Gasteiger partial charge in [0.1, 0.15) is 11.4 Å². The molecule has 0 aliphatic heterocycles. The maximum absolute atomic E-state index is 13.6. The molecular formula is C24H18BrNO4. The van der Waals surface area contributed by atoms with Gasteiger partial charge in [0.15, 0.2) is 5.78 Å². The second-order valence-electron chi connectivity index (χ2n) is 6.79. The van der Waals surface area contributed by atoms with E-state index in [2.05, 4.69) is 15.9 Å². The van der Waals surface area contributed by atoms with Gasteiger partial charge in [-0.05, 0) is 29.8 Å². The Labute approximate surface area is 181 Å². The van der Waals surface area contributed by atoms with Crippen LogP contribution in [0, 0.1) is 0 Å². The van der Waals surface area contributed by atoms with E-state index >= 15 is 0 Å². The average molecular weight is 464 g/mol. The summed E-state index contributed by atoms with van der Waals surface area (Å²) in [7, 11) is 1.48. The number of carbonyl (C=O) groups excluding carboxylic acids is 1. The fraction of sp³-hybridized carbons (Fsp3) is 0.0833. The highest BCUT2D eigenvalue weighted by molar-refractivity contribution is 9.10. The molecule has 0 bridgehead atoms. The Balaban J connectivity index is 1.97. The molecule has 4 aromatic rings. The molecule has 0 aliphatic carbocycles. The van der Waals surface area contributed by atoms with Gasteiger partial charge in [-0.1, -0.05) is 64.5 Å². The zero-order valence-electron chi connectivity index (χ0n) is 16.1. The smallest absolute Gasteiger partial charge is 0.353 e. The van der Waals surface area contributed by atoms with Gasteiger partial charge in [0, 0.05) is 21.9 Å². The average Bonchev–Trinajstić information content (AvgIpc) is 3.08. The van der Waals surface area contributed by atoms with Crippen molar-refractivity contribution in [3.8, 4) is 5.75 Å². The highest BCUT2D eigenvalue weighted by Crippen LogP contribution is 2.33. The normalized spacial score (nSPS) is 10.9. The predicted molar refractivity (Wildman–Crippen MR) is 119 cm³/mol. The molecule has 0 unspecified atom stereocenters. The first-order valence-electron chi connectivity index (χ1n) is 9.28. The summed E-state index contributed by atoms with van der Waals surface area (Å²) >= 11 is 3.37. The molecule has 0 radical (unpaired) electrons. The summed E-state index contributed by atoms with van der Waals surface area (Å²) in [6, 6.07) is 21.9. The first-order chi connectivity index (χ1) is 14.5. The van der Waals surface area contributed by atoms with Crippen molar-refractivity contribution in [3.05, 3.63) is 99.7 Å². The van der Waals surface area contributed by atoms with Crippen molar-refractivity contribution in [2.45, 2.75) is 6.54 Å². The molecule has 0 saturated carbocycles. The van der Waals surface area contributed by atoms with Crippen LogP contribution in [0.1, 0.15) is 32.0 Å². The first-order valence-corrected chi connectivity index (χ1v) is 10.1. The SMILES string of the molecule is COc1cc(Br)ccc1C(=O)c1c(C(=O)O)n(Cc2ccccc2)c2ccccc12. The molecule has 0 aliphatic rings. The van der Waals surface area contributed by atoms with Gasteiger partial charge in [-0.2, -0.15) is 0 Å². The summed E-state index contributed by atoms with van der Waals surface area (Å²) in [6.45, 7) is 0.341. The number of carboxylic acid groups (broad SMARTS) is 1. The van der Waals surface area contributed by atoms with Gasteiger partial charge >= 0.3 is 5.97 Å². The molecule has 1 heterocycles. The Kier molecular flexibility index (Phi) is 5.42. The van der Waals surface area contributed by atoms with Crippen LogP contribution in [-0.2, 0) is 6.54 Å². The number of aromatic carboxylic acids is 1. The van der Waals surface area contributed by atoms with E-state index in [9.17, 15) is 14.7 Å². The van der Waals surface area contributed by atoms with Crippen molar-refractivity contribution in [2.75, 3.05) is 7.11 Å². The van der Waals surface area contributed by atoms with Gasteiger partial charge in [0.2, 0.25) is 0 Å². The van der Waals surface area contributed by atoms with E-state index in [1.54, 1.807) is 34.9 Å². The zero-order chi connectivity index (χ0) is 21.3. The van der Waals surface area contributed by atoms with Crippen molar-refractivity contribution in [3.63, 3.8) is 0 Å². The van der Waals surface area contributed by atoms with E-state index in [-0.39, 0.29) is 17.0 Å². The highest BCUT2D eigenvalue weighted by atomic mass is 79.9. The van der Waals surface area contributed by atoms with E-state index in [0.717, 1.165) is 10.0 Å². The predicted octanol–water partition coefficient (Wildman–Crippen LogP) is 5.39. The second kappa shape index (κ2) is 8.16. The Morgan fingerprint density at radius 2 is 1.70 bits per heavy atom. The van der Waals surface area contributed by atoms with E-state index < -0.39 is 5.97 Å². The maximum atomic E-state index is 13.6. The molecule has 1 aromatic heterocycles. The summed E-state index contributed by atoms with van der Waals surface area (Å²) < 4.78 is 7.83. The number of fused-ring (bicyclic) bond motifs is 1. The van der Waals surface area contributed by atoms with Crippen molar-refractivity contribution >= 4 is 38.6 Å². The molecule has 150 valence electrons. The molecule has 0 saturated heterocycles. The number of methoxy groups -OCH3 is 1. The Morgan fingerprint density at radius 3 is 2.40 bits per heavy atom.